The third-order valence-electron chi connectivity index (χ3n) is 11.3. The molecular weight excluding hydrogens is 655 g/mol. The summed E-state index contributed by atoms with van der Waals surface area (Å²) in [4.78, 5) is 2.37. The molecule has 0 saturated carbocycles. The van der Waals surface area contributed by atoms with E-state index in [0.717, 1.165) is 63.0 Å². The molecule has 1 aromatic heterocycles. The molecule has 1 heterocycles. The van der Waals surface area contributed by atoms with E-state index in [-0.39, 0.29) is 0 Å². The predicted octanol–water partition coefficient (Wildman–Crippen LogP) is 14.8. The van der Waals surface area contributed by atoms with Crippen LogP contribution in [0.15, 0.2) is 186 Å². The predicted molar refractivity (Wildman–Crippen MR) is 229 cm³/mol. The third-order valence-corrected chi connectivity index (χ3v) is 11.3. The Hall–Kier alpha value is -6.90. The molecule has 0 radical (unpaired) electrons. The first-order chi connectivity index (χ1) is 26.8. The molecule has 0 saturated heterocycles. The van der Waals surface area contributed by atoms with Crippen molar-refractivity contribution in [2.24, 2.45) is 0 Å². The van der Waals surface area contributed by atoms with E-state index in [1.165, 1.54) is 54.6 Å². The zero-order valence-corrected chi connectivity index (χ0v) is 29.7. The molecule has 0 spiro atoms. The van der Waals surface area contributed by atoms with Crippen molar-refractivity contribution in [3.05, 3.63) is 193 Å². The van der Waals surface area contributed by atoms with E-state index >= 15 is 0 Å². The summed E-state index contributed by atoms with van der Waals surface area (Å²) < 4.78 is 6.84. The summed E-state index contributed by atoms with van der Waals surface area (Å²) in [5.41, 5.74) is 12.5. The van der Waals surface area contributed by atoms with Crippen molar-refractivity contribution < 1.29 is 4.42 Å². The Bertz CT molecular complexity index is 3100. The second kappa shape index (κ2) is 12.4. The second-order valence-corrected chi connectivity index (χ2v) is 14.4. The number of benzene rings is 9. The average molecular weight is 690 g/mol. The molecule has 254 valence electrons. The lowest BCUT2D eigenvalue weighted by atomic mass is 9.86. The van der Waals surface area contributed by atoms with E-state index in [9.17, 15) is 0 Å². The highest BCUT2D eigenvalue weighted by Crippen LogP contribution is 2.46. The van der Waals surface area contributed by atoms with Gasteiger partial charge < -0.3 is 9.32 Å². The van der Waals surface area contributed by atoms with Crippen LogP contribution < -0.4 is 4.90 Å². The molecule has 10 aromatic rings. The lowest BCUT2D eigenvalue weighted by molar-refractivity contribution is 0.669. The Labute approximate surface area is 313 Å². The molecule has 1 aliphatic carbocycles. The molecule has 2 heteroatoms. The maximum atomic E-state index is 6.84. The minimum absolute atomic E-state index is 0.869. The van der Waals surface area contributed by atoms with Crippen molar-refractivity contribution in [1.29, 1.82) is 0 Å². The molecule has 0 N–H and O–H groups in total. The minimum atomic E-state index is 0.869. The fourth-order valence-electron chi connectivity index (χ4n) is 8.76. The number of aryl methyl sites for hydroxylation is 1. The summed E-state index contributed by atoms with van der Waals surface area (Å²) in [6.45, 7) is 0. The summed E-state index contributed by atoms with van der Waals surface area (Å²) in [6, 6.07) is 63.8. The van der Waals surface area contributed by atoms with Crippen LogP contribution in [0.5, 0.6) is 0 Å². The highest BCUT2D eigenvalue weighted by atomic mass is 16.3. The fourth-order valence-corrected chi connectivity index (χ4v) is 8.76. The molecule has 11 rings (SSSR count). The van der Waals surface area contributed by atoms with E-state index in [4.69, 9.17) is 4.42 Å². The lowest BCUT2D eigenvalue weighted by Crippen LogP contribution is -2.11. The highest BCUT2D eigenvalue weighted by Gasteiger charge is 2.23. The van der Waals surface area contributed by atoms with Crippen LogP contribution in [0.3, 0.4) is 0 Å². The normalized spacial score (nSPS) is 12.6. The fraction of sp³-hybridized carbons (Fsp3) is 0.0385. The van der Waals surface area contributed by atoms with Gasteiger partial charge >= 0.3 is 0 Å². The SMILES string of the molecule is C1=Cc2ccc3cc(-c4ccc(N(c5ccccc5-c5ccccc5)c5cccc6c5oc5cc7ccccc7cc56)cc4)c4ccccc4c3c2CC1. The Kier molecular flexibility index (Phi) is 7.03. The molecular formula is C52H35NO. The number of hydrogen-bond donors (Lipinski definition) is 0. The Morgan fingerprint density at radius 2 is 1.17 bits per heavy atom. The summed E-state index contributed by atoms with van der Waals surface area (Å²) in [6.07, 6.45) is 6.75. The van der Waals surface area contributed by atoms with E-state index < -0.39 is 0 Å². The van der Waals surface area contributed by atoms with Crippen LogP contribution in [-0.2, 0) is 6.42 Å². The molecule has 9 aromatic carbocycles. The van der Waals surface area contributed by atoms with Gasteiger partial charge in [0, 0.05) is 22.0 Å². The molecule has 1 aliphatic rings. The van der Waals surface area contributed by atoms with Crippen LogP contribution in [0.25, 0.3) is 82.6 Å². The maximum Gasteiger partial charge on any atom is 0.159 e. The van der Waals surface area contributed by atoms with Crippen molar-refractivity contribution in [3.8, 4) is 22.3 Å². The monoisotopic (exact) mass is 689 g/mol. The van der Waals surface area contributed by atoms with E-state index in [1.54, 1.807) is 0 Å². The van der Waals surface area contributed by atoms with Gasteiger partial charge in [-0.1, -0.05) is 146 Å². The Morgan fingerprint density at radius 1 is 0.463 bits per heavy atom. The molecule has 0 bridgehead atoms. The summed E-state index contributed by atoms with van der Waals surface area (Å²) in [5.74, 6) is 0. The van der Waals surface area contributed by atoms with Gasteiger partial charge in [0.1, 0.15) is 5.58 Å². The molecule has 0 unspecified atom stereocenters. The van der Waals surface area contributed by atoms with Crippen LogP contribution in [0.1, 0.15) is 17.5 Å². The van der Waals surface area contributed by atoms with Crippen molar-refractivity contribution in [2.75, 3.05) is 4.90 Å². The topological polar surface area (TPSA) is 16.4 Å². The summed E-state index contributed by atoms with van der Waals surface area (Å²) >= 11 is 0. The van der Waals surface area contributed by atoms with E-state index in [1.807, 2.05) is 0 Å². The summed E-state index contributed by atoms with van der Waals surface area (Å²) in [7, 11) is 0. The first-order valence-corrected chi connectivity index (χ1v) is 18.8. The molecule has 0 fully saturated rings. The molecule has 0 aliphatic heterocycles. The smallest absolute Gasteiger partial charge is 0.159 e. The first kappa shape index (κ1) is 30.7. The van der Waals surface area contributed by atoms with Gasteiger partial charge in [-0.3, -0.25) is 0 Å². The van der Waals surface area contributed by atoms with Crippen LogP contribution in [0, 0.1) is 0 Å². The number of rotatable bonds is 5. The molecule has 54 heavy (non-hydrogen) atoms. The van der Waals surface area contributed by atoms with Crippen LogP contribution >= 0.6 is 0 Å². The average Bonchev–Trinajstić information content (AvgIpc) is 3.61. The maximum absolute atomic E-state index is 6.84. The van der Waals surface area contributed by atoms with Gasteiger partial charge in [-0.2, -0.15) is 0 Å². The number of allylic oxidation sites excluding steroid dienone is 1. The van der Waals surface area contributed by atoms with Gasteiger partial charge in [0.15, 0.2) is 5.58 Å². The zero-order chi connectivity index (χ0) is 35.6. The second-order valence-electron chi connectivity index (χ2n) is 14.4. The highest BCUT2D eigenvalue weighted by molar-refractivity contribution is 6.16. The Balaban J connectivity index is 1.12. The van der Waals surface area contributed by atoms with E-state index in [2.05, 4.69) is 193 Å². The van der Waals surface area contributed by atoms with Gasteiger partial charge in [-0.15, -0.1) is 0 Å². The number of anilines is 3. The minimum Gasteiger partial charge on any atom is -0.454 e. The van der Waals surface area contributed by atoms with Gasteiger partial charge in [0.2, 0.25) is 0 Å². The van der Waals surface area contributed by atoms with Crippen molar-refractivity contribution in [1.82, 2.24) is 0 Å². The quantitative estimate of drug-likeness (QED) is 0.167. The number of para-hydroxylation sites is 2. The number of furan rings is 1. The van der Waals surface area contributed by atoms with Gasteiger partial charge in [-0.05, 0) is 115 Å². The van der Waals surface area contributed by atoms with Crippen LogP contribution in [0.4, 0.5) is 17.1 Å². The standard InChI is InChI=1S/C52H35NO/c1-2-13-34(14-3-1)41-18-10-11-23-48(41)53(49-24-12-22-45-47-31-37-16-4-5-17-38(37)33-50(47)54-52(45)49)40-29-27-36(28-30-40)46-32-39-26-25-35-15-6-7-19-42(35)51(39)44-21-9-8-20-43(44)46/h1-6,8-18,20-33H,7,19H2. The molecule has 2 nitrogen and oxygen atoms in total. The third kappa shape index (κ3) is 4.88. The van der Waals surface area contributed by atoms with Crippen molar-refractivity contribution >= 4 is 77.4 Å². The largest absolute Gasteiger partial charge is 0.454 e. The van der Waals surface area contributed by atoms with Crippen molar-refractivity contribution in [3.63, 3.8) is 0 Å². The van der Waals surface area contributed by atoms with E-state index in [0.29, 0.717) is 0 Å². The number of hydrogen-bond acceptors (Lipinski definition) is 2. The van der Waals surface area contributed by atoms with Crippen molar-refractivity contribution in [2.45, 2.75) is 12.8 Å². The molecule has 0 amide bonds. The van der Waals surface area contributed by atoms with Gasteiger partial charge in [0.05, 0.1) is 11.4 Å². The van der Waals surface area contributed by atoms with Crippen LogP contribution in [-0.4, -0.2) is 0 Å². The summed E-state index contributed by atoms with van der Waals surface area (Å²) in [5, 5.41) is 9.90. The first-order valence-electron chi connectivity index (χ1n) is 18.8. The zero-order valence-electron chi connectivity index (χ0n) is 29.7. The van der Waals surface area contributed by atoms with Crippen LogP contribution in [0.2, 0.25) is 0 Å². The van der Waals surface area contributed by atoms with Gasteiger partial charge in [0.25, 0.3) is 0 Å². The number of nitrogens with zero attached hydrogens (tertiary/aromatic N) is 1. The Morgan fingerprint density at radius 3 is 2.04 bits per heavy atom. The molecule has 0 atom stereocenters. The van der Waals surface area contributed by atoms with Gasteiger partial charge in [-0.25, -0.2) is 0 Å². The lowest BCUT2D eigenvalue weighted by Gasteiger charge is -2.28. The number of fused-ring (bicyclic) bond motifs is 9.